The van der Waals surface area contributed by atoms with Crippen LogP contribution in [0.5, 0.6) is 0 Å². The van der Waals surface area contributed by atoms with Gasteiger partial charge in [-0.05, 0) is 18.1 Å². The van der Waals surface area contributed by atoms with Crippen LogP contribution >= 0.6 is 12.6 Å². The molecule has 0 saturated carbocycles. The Bertz CT molecular complexity index is 656. The molecular formula is C14H17N3O3S. The number of carboxylic acids is 1. The van der Waals surface area contributed by atoms with Crippen LogP contribution in [-0.2, 0) is 16.0 Å². The lowest BCUT2D eigenvalue weighted by atomic mass is 10.0. The molecule has 6 nitrogen and oxygen atoms in total. The number of rotatable bonds is 6. The summed E-state index contributed by atoms with van der Waals surface area (Å²) in [6.45, 7) is 0. The molecule has 0 aliphatic heterocycles. The van der Waals surface area contributed by atoms with Gasteiger partial charge in [0.1, 0.15) is 6.04 Å². The lowest BCUT2D eigenvalue weighted by molar-refractivity contribution is -0.141. The summed E-state index contributed by atoms with van der Waals surface area (Å²) in [5.74, 6) is -1.61. The third-order valence-corrected chi connectivity index (χ3v) is 3.61. The van der Waals surface area contributed by atoms with Crippen LogP contribution in [-0.4, -0.2) is 39.8 Å². The van der Waals surface area contributed by atoms with Gasteiger partial charge in [0.25, 0.3) is 0 Å². The number of fused-ring (bicyclic) bond motifs is 1. The van der Waals surface area contributed by atoms with Gasteiger partial charge >= 0.3 is 5.97 Å². The van der Waals surface area contributed by atoms with Crippen LogP contribution in [0.2, 0.25) is 0 Å². The molecular weight excluding hydrogens is 290 g/mol. The van der Waals surface area contributed by atoms with Crippen molar-refractivity contribution >= 4 is 35.4 Å². The predicted octanol–water partition coefficient (Wildman–Crippen LogP) is 0.537. The number of carbonyl (C=O) groups is 2. The SMILES string of the molecule is N[C@@H](Cc1c[nH]c2ccccc12)C(=O)N[C@H](CS)C(=O)O. The number of aromatic nitrogens is 1. The second-order valence-electron chi connectivity index (χ2n) is 4.75. The number of aliphatic carboxylic acids is 1. The molecule has 0 saturated heterocycles. The second kappa shape index (κ2) is 6.64. The van der Waals surface area contributed by atoms with Gasteiger partial charge in [0.15, 0.2) is 0 Å². The molecule has 0 aliphatic carbocycles. The fraction of sp³-hybridized carbons (Fsp3) is 0.286. The summed E-state index contributed by atoms with van der Waals surface area (Å²) in [4.78, 5) is 25.9. The molecule has 7 heteroatoms. The summed E-state index contributed by atoms with van der Waals surface area (Å²) in [6.07, 6.45) is 2.14. The number of amides is 1. The quantitative estimate of drug-likeness (QED) is 0.502. The van der Waals surface area contributed by atoms with E-state index in [1.807, 2.05) is 30.5 Å². The fourth-order valence-corrected chi connectivity index (χ4v) is 2.34. The van der Waals surface area contributed by atoms with Crippen molar-refractivity contribution in [2.45, 2.75) is 18.5 Å². The van der Waals surface area contributed by atoms with E-state index in [-0.39, 0.29) is 5.75 Å². The van der Waals surface area contributed by atoms with Gasteiger partial charge in [-0.1, -0.05) is 18.2 Å². The number of nitrogens with one attached hydrogen (secondary N) is 2. The highest BCUT2D eigenvalue weighted by molar-refractivity contribution is 7.80. The van der Waals surface area contributed by atoms with E-state index >= 15 is 0 Å². The van der Waals surface area contributed by atoms with E-state index in [9.17, 15) is 9.59 Å². The molecule has 2 rings (SSSR count). The number of carbonyl (C=O) groups excluding carboxylic acids is 1. The summed E-state index contributed by atoms with van der Waals surface area (Å²) >= 11 is 3.89. The number of nitrogens with two attached hydrogens (primary N) is 1. The lowest BCUT2D eigenvalue weighted by Gasteiger charge is -2.16. The first-order valence-corrected chi connectivity index (χ1v) is 7.10. The Labute approximate surface area is 127 Å². The summed E-state index contributed by atoms with van der Waals surface area (Å²) in [5.41, 5.74) is 7.75. The van der Waals surface area contributed by atoms with Gasteiger partial charge in [0.2, 0.25) is 5.91 Å². The summed E-state index contributed by atoms with van der Waals surface area (Å²) in [6, 6.07) is 5.86. The van der Waals surface area contributed by atoms with Crippen molar-refractivity contribution in [3.05, 3.63) is 36.0 Å². The highest BCUT2D eigenvalue weighted by Crippen LogP contribution is 2.18. The molecule has 1 aromatic heterocycles. The number of benzene rings is 1. The predicted molar refractivity (Wildman–Crippen MR) is 83.4 cm³/mol. The van der Waals surface area contributed by atoms with Gasteiger partial charge < -0.3 is 21.1 Å². The second-order valence-corrected chi connectivity index (χ2v) is 5.12. The van der Waals surface area contributed by atoms with Crippen LogP contribution in [0.25, 0.3) is 10.9 Å². The molecule has 0 aliphatic rings. The molecule has 112 valence electrons. The van der Waals surface area contributed by atoms with E-state index in [4.69, 9.17) is 10.8 Å². The van der Waals surface area contributed by atoms with Crippen LogP contribution in [0.15, 0.2) is 30.5 Å². The Kier molecular flexibility index (Phi) is 4.87. The fourth-order valence-electron chi connectivity index (χ4n) is 2.09. The molecule has 1 amide bonds. The smallest absolute Gasteiger partial charge is 0.327 e. The van der Waals surface area contributed by atoms with Crippen molar-refractivity contribution in [3.8, 4) is 0 Å². The molecule has 0 radical (unpaired) electrons. The molecule has 0 unspecified atom stereocenters. The number of aromatic amines is 1. The van der Waals surface area contributed by atoms with E-state index in [1.165, 1.54) is 0 Å². The van der Waals surface area contributed by atoms with E-state index in [1.54, 1.807) is 0 Å². The molecule has 2 atom stereocenters. The number of thiol groups is 1. The van der Waals surface area contributed by atoms with Gasteiger partial charge in [0, 0.05) is 22.9 Å². The Morgan fingerprint density at radius 2 is 2.10 bits per heavy atom. The zero-order valence-electron chi connectivity index (χ0n) is 11.2. The number of hydrogen-bond acceptors (Lipinski definition) is 4. The first kappa shape index (κ1) is 15.4. The third kappa shape index (κ3) is 3.56. The largest absolute Gasteiger partial charge is 0.480 e. The van der Waals surface area contributed by atoms with E-state index in [0.717, 1.165) is 16.5 Å². The van der Waals surface area contributed by atoms with Gasteiger partial charge in [-0.15, -0.1) is 0 Å². The van der Waals surface area contributed by atoms with Crippen molar-refractivity contribution in [2.75, 3.05) is 5.75 Å². The minimum absolute atomic E-state index is 0.0148. The molecule has 21 heavy (non-hydrogen) atoms. The van der Waals surface area contributed by atoms with Gasteiger partial charge in [0.05, 0.1) is 6.04 Å². The van der Waals surface area contributed by atoms with Crippen molar-refractivity contribution in [1.82, 2.24) is 10.3 Å². The summed E-state index contributed by atoms with van der Waals surface area (Å²) < 4.78 is 0. The first-order valence-electron chi connectivity index (χ1n) is 6.47. The van der Waals surface area contributed by atoms with E-state index < -0.39 is 24.0 Å². The van der Waals surface area contributed by atoms with Crippen LogP contribution in [0.1, 0.15) is 5.56 Å². The standard InChI is InChI=1S/C14H17N3O3S/c15-10(13(18)17-12(7-21)14(19)20)5-8-6-16-11-4-2-1-3-9(8)11/h1-4,6,10,12,16,21H,5,7,15H2,(H,17,18)(H,19,20)/t10-,12+/m0/s1. The topological polar surface area (TPSA) is 108 Å². The average Bonchev–Trinajstić information content (AvgIpc) is 2.87. The van der Waals surface area contributed by atoms with Crippen LogP contribution < -0.4 is 11.1 Å². The lowest BCUT2D eigenvalue weighted by Crippen LogP contribution is -2.50. The Morgan fingerprint density at radius 3 is 2.76 bits per heavy atom. The molecule has 0 bridgehead atoms. The Balaban J connectivity index is 2.05. The first-order chi connectivity index (χ1) is 10.0. The average molecular weight is 307 g/mol. The number of carboxylic acid groups (broad SMARTS) is 1. The highest BCUT2D eigenvalue weighted by atomic mass is 32.1. The third-order valence-electron chi connectivity index (χ3n) is 3.25. The number of H-pyrrole nitrogens is 1. The van der Waals surface area contributed by atoms with Crippen molar-refractivity contribution < 1.29 is 14.7 Å². The van der Waals surface area contributed by atoms with Gasteiger partial charge in [-0.2, -0.15) is 12.6 Å². The summed E-state index contributed by atoms with van der Waals surface area (Å²) in [7, 11) is 0. The van der Waals surface area contributed by atoms with Crippen molar-refractivity contribution in [1.29, 1.82) is 0 Å². The number of para-hydroxylation sites is 1. The molecule has 0 spiro atoms. The normalized spacial score (nSPS) is 13.8. The van der Waals surface area contributed by atoms with Crippen LogP contribution in [0, 0.1) is 0 Å². The Hall–Kier alpha value is -1.99. The summed E-state index contributed by atoms with van der Waals surface area (Å²) in [5, 5.41) is 12.3. The zero-order valence-corrected chi connectivity index (χ0v) is 12.1. The molecule has 5 N–H and O–H groups in total. The zero-order chi connectivity index (χ0) is 15.4. The highest BCUT2D eigenvalue weighted by Gasteiger charge is 2.22. The van der Waals surface area contributed by atoms with Crippen molar-refractivity contribution in [3.63, 3.8) is 0 Å². The van der Waals surface area contributed by atoms with Crippen molar-refractivity contribution in [2.24, 2.45) is 5.73 Å². The molecule has 2 aromatic rings. The number of hydrogen-bond donors (Lipinski definition) is 5. The van der Waals surface area contributed by atoms with E-state index in [0.29, 0.717) is 6.42 Å². The maximum atomic E-state index is 11.9. The molecule has 1 aromatic carbocycles. The van der Waals surface area contributed by atoms with E-state index in [2.05, 4.69) is 22.9 Å². The van der Waals surface area contributed by atoms with Crippen LogP contribution in [0.4, 0.5) is 0 Å². The van der Waals surface area contributed by atoms with Gasteiger partial charge in [-0.3, -0.25) is 4.79 Å². The van der Waals surface area contributed by atoms with Gasteiger partial charge in [-0.25, -0.2) is 4.79 Å². The minimum atomic E-state index is -1.13. The maximum Gasteiger partial charge on any atom is 0.327 e. The molecule has 0 fully saturated rings. The van der Waals surface area contributed by atoms with Crippen LogP contribution in [0.3, 0.4) is 0 Å². The maximum absolute atomic E-state index is 11.9. The molecule has 1 heterocycles. The Morgan fingerprint density at radius 1 is 1.38 bits per heavy atom. The minimum Gasteiger partial charge on any atom is -0.480 e. The monoisotopic (exact) mass is 307 g/mol.